The summed E-state index contributed by atoms with van der Waals surface area (Å²) in [6.07, 6.45) is -0.769. The van der Waals surface area contributed by atoms with Crippen LogP contribution in [0.4, 0.5) is 8.78 Å². The highest BCUT2D eigenvalue weighted by Crippen LogP contribution is 2.15. The van der Waals surface area contributed by atoms with Crippen LogP contribution in [0.2, 0.25) is 0 Å². The predicted octanol–water partition coefficient (Wildman–Crippen LogP) is 3.55. The highest BCUT2D eigenvalue weighted by Gasteiger charge is 2.15. The van der Waals surface area contributed by atoms with E-state index in [0.29, 0.717) is 17.9 Å². The molecule has 0 unspecified atom stereocenters. The molecule has 0 spiro atoms. The molecular formula is C13H17F2NO. The molecule has 1 rings (SSSR count). The monoisotopic (exact) mass is 241 g/mol. The normalized spacial score (nSPS) is 11.9. The number of halogens is 2. The third-order valence-corrected chi connectivity index (χ3v) is 2.39. The van der Waals surface area contributed by atoms with Gasteiger partial charge in [0.15, 0.2) is 0 Å². The summed E-state index contributed by atoms with van der Waals surface area (Å²) in [5.74, 6) is 0.649. The quantitative estimate of drug-likeness (QED) is 0.551. The van der Waals surface area contributed by atoms with Crippen molar-refractivity contribution in [3.8, 4) is 5.75 Å². The minimum Gasteiger partial charge on any atom is -0.497 e. The van der Waals surface area contributed by atoms with E-state index in [1.165, 1.54) is 0 Å². The Morgan fingerprint density at radius 3 is 2.41 bits per heavy atom. The van der Waals surface area contributed by atoms with Gasteiger partial charge in [-0.3, -0.25) is 4.99 Å². The fourth-order valence-corrected chi connectivity index (χ4v) is 1.41. The van der Waals surface area contributed by atoms with Crippen LogP contribution >= 0.6 is 0 Å². The summed E-state index contributed by atoms with van der Waals surface area (Å²) in [7, 11) is 1.54. The summed E-state index contributed by atoms with van der Waals surface area (Å²) in [6, 6.07) is 6.53. The summed E-state index contributed by atoms with van der Waals surface area (Å²) in [5, 5.41) is 0. The highest BCUT2D eigenvalue weighted by atomic mass is 19.3. The minimum atomic E-state index is -2.54. The van der Waals surface area contributed by atoms with Crippen molar-refractivity contribution in [2.24, 2.45) is 4.99 Å². The fraction of sp³-hybridized carbons (Fsp3) is 0.462. The Balaban J connectivity index is 2.85. The average molecular weight is 241 g/mol. The molecule has 4 heteroatoms. The van der Waals surface area contributed by atoms with Gasteiger partial charge in [-0.2, -0.15) is 0 Å². The van der Waals surface area contributed by atoms with Crippen molar-refractivity contribution >= 4 is 5.71 Å². The number of rotatable bonds is 6. The Labute approximate surface area is 100 Å². The maximum absolute atomic E-state index is 12.8. The largest absolute Gasteiger partial charge is 0.497 e. The van der Waals surface area contributed by atoms with Gasteiger partial charge in [0.25, 0.3) is 6.43 Å². The third kappa shape index (κ3) is 4.13. The van der Waals surface area contributed by atoms with Crippen molar-refractivity contribution in [2.45, 2.75) is 26.2 Å². The van der Waals surface area contributed by atoms with E-state index in [1.54, 1.807) is 31.4 Å². The Bertz CT molecular complexity index is 360. The van der Waals surface area contributed by atoms with Crippen LogP contribution in [-0.4, -0.2) is 25.8 Å². The molecule has 0 N–H and O–H groups in total. The van der Waals surface area contributed by atoms with Crippen LogP contribution in [0.5, 0.6) is 5.75 Å². The summed E-state index contributed by atoms with van der Waals surface area (Å²) in [6.45, 7) is 2.45. The zero-order valence-electron chi connectivity index (χ0n) is 10.1. The molecular weight excluding hydrogens is 224 g/mol. The molecule has 1 aromatic carbocycles. The Morgan fingerprint density at radius 2 is 1.94 bits per heavy atom. The van der Waals surface area contributed by atoms with Crippen LogP contribution < -0.4 is 4.74 Å². The van der Waals surface area contributed by atoms with Crippen LogP contribution in [0, 0.1) is 0 Å². The van der Waals surface area contributed by atoms with Crippen LogP contribution in [0.3, 0.4) is 0 Å². The molecule has 0 aliphatic heterocycles. The van der Waals surface area contributed by atoms with E-state index >= 15 is 0 Å². The Morgan fingerprint density at radius 1 is 1.29 bits per heavy atom. The van der Waals surface area contributed by atoms with Gasteiger partial charge in [0.05, 0.1) is 7.11 Å². The van der Waals surface area contributed by atoms with Gasteiger partial charge in [-0.25, -0.2) is 8.78 Å². The van der Waals surface area contributed by atoms with Crippen molar-refractivity contribution in [2.75, 3.05) is 13.7 Å². The first-order valence-electron chi connectivity index (χ1n) is 5.66. The van der Waals surface area contributed by atoms with Gasteiger partial charge in [-0.15, -0.1) is 0 Å². The van der Waals surface area contributed by atoms with Crippen LogP contribution in [0.15, 0.2) is 29.3 Å². The maximum atomic E-state index is 12.8. The summed E-state index contributed by atoms with van der Waals surface area (Å²) < 4.78 is 30.6. The minimum absolute atomic E-state index is 0.138. The first-order chi connectivity index (χ1) is 8.19. The second-order valence-electron chi connectivity index (χ2n) is 3.65. The molecule has 0 aliphatic rings. The molecule has 1 aromatic rings. The lowest BCUT2D eigenvalue weighted by Crippen LogP contribution is -2.12. The van der Waals surface area contributed by atoms with Gasteiger partial charge in [0, 0.05) is 12.1 Å². The summed E-state index contributed by atoms with van der Waals surface area (Å²) in [4.78, 5) is 3.96. The number of ether oxygens (including phenoxy) is 1. The smallest absolute Gasteiger partial charge is 0.280 e. The Hall–Kier alpha value is -1.45. The molecule has 0 fully saturated rings. The molecule has 0 aromatic heterocycles. The first-order valence-corrected chi connectivity index (χ1v) is 5.66. The summed E-state index contributed by atoms with van der Waals surface area (Å²) >= 11 is 0. The number of methoxy groups -OCH3 is 1. The van der Waals surface area contributed by atoms with Gasteiger partial charge >= 0.3 is 0 Å². The van der Waals surface area contributed by atoms with E-state index in [2.05, 4.69) is 4.99 Å². The lowest BCUT2D eigenvalue weighted by molar-refractivity contribution is 0.226. The molecule has 0 bridgehead atoms. The number of benzene rings is 1. The van der Waals surface area contributed by atoms with E-state index in [1.807, 2.05) is 6.92 Å². The lowest BCUT2D eigenvalue weighted by Gasteiger charge is -2.07. The topological polar surface area (TPSA) is 21.6 Å². The molecule has 0 radical (unpaired) electrons. The van der Waals surface area contributed by atoms with E-state index in [4.69, 9.17) is 4.74 Å². The van der Waals surface area contributed by atoms with Gasteiger partial charge in [-0.1, -0.05) is 13.3 Å². The number of hydrogen-bond donors (Lipinski definition) is 0. The van der Waals surface area contributed by atoms with Gasteiger partial charge in [0.1, 0.15) is 11.5 Å². The number of unbranched alkanes of at least 4 members (excludes halogenated alkanes) is 1. The maximum Gasteiger partial charge on any atom is 0.280 e. The number of hydrogen-bond acceptors (Lipinski definition) is 2. The molecule has 0 aliphatic carbocycles. The second kappa shape index (κ2) is 6.99. The highest BCUT2D eigenvalue weighted by molar-refractivity contribution is 6.02. The summed E-state index contributed by atoms with van der Waals surface area (Å²) in [5.41, 5.74) is 0.318. The number of nitrogens with zero attached hydrogens (tertiary/aromatic N) is 1. The fourth-order valence-electron chi connectivity index (χ4n) is 1.41. The van der Waals surface area contributed by atoms with Crippen molar-refractivity contribution in [3.63, 3.8) is 0 Å². The van der Waals surface area contributed by atoms with E-state index < -0.39 is 6.43 Å². The van der Waals surface area contributed by atoms with Crippen molar-refractivity contribution < 1.29 is 13.5 Å². The first kappa shape index (κ1) is 13.6. The SMILES string of the molecule is CCCCN=C(c1ccc(OC)cc1)C(F)F. The van der Waals surface area contributed by atoms with Crippen LogP contribution in [0.1, 0.15) is 25.3 Å². The molecule has 0 heterocycles. The van der Waals surface area contributed by atoms with Crippen molar-refractivity contribution in [1.82, 2.24) is 0 Å². The van der Waals surface area contributed by atoms with E-state index in [0.717, 1.165) is 12.8 Å². The molecule has 0 atom stereocenters. The molecule has 0 amide bonds. The molecule has 2 nitrogen and oxygen atoms in total. The Kier molecular flexibility index (Phi) is 5.60. The van der Waals surface area contributed by atoms with Crippen LogP contribution in [-0.2, 0) is 0 Å². The molecule has 0 saturated carbocycles. The zero-order valence-corrected chi connectivity index (χ0v) is 10.1. The predicted molar refractivity (Wildman–Crippen MR) is 65.3 cm³/mol. The third-order valence-electron chi connectivity index (χ3n) is 2.39. The number of alkyl halides is 2. The lowest BCUT2D eigenvalue weighted by atomic mass is 10.1. The standard InChI is InChI=1S/C13H17F2NO/c1-3-4-9-16-12(13(14)15)10-5-7-11(17-2)8-6-10/h5-8,13H,3-4,9H2,1-2H3. The molecule has 0 saturated heterocycles. The van der Waals surface area contributed by atoms with E-state index in [9.17, 15) is 8.78 Å². The molecule has 17 heavy (non-hydrogen) atoms. The molecule has 94 valence electrons. The van der Waals surface area contributed by atoms with Crippen molar-refractivity contribution in [1.29, 1.82) is 0 Å². The number of aliphatic imine (C=N–C) groups is 1. The zero-order chi connectivity index (χ0) is 12.7. The van der Waals surface area contributed by atoms with Gasteiger partial charge < -0.3 is 4.74 Å². The van der Waals surface area contributed by atoms with Crippen LogP contribution in [0.25, 0.3) is 0 Å². The van der Waals surface area contributed by atoms with E-state index in [-0.39, 0.29) is 5.71 Å². The van der Waals surface area contributed by atoms with Gasteiger partial charge in [0.2, 0.25) is 0 Å². The van der Waals surface area contributed by atoms with Gasteiger partial charge in [-0.05, 0) is 30.7 Å². The average Bonchev–Trinajstić information content (AvgIpc) is 2.34. The van der Waals surface area contributed by atoms with Crippen molar-refractivity contribution in [3.05, 3.63) is 29.8 Å². The second-order valence-corrected chi connectivity index (χ2v) is 3.65.